The van der Waals surface area contributed by atoms with E-state index < -0.39 is 6.04 Å². The predicted octanol–water partition coefficient (Wildman–Crippen LogP) is 2.35. The van der Waals surface area contributed by atoms with Crippen molar-refractivity contribution in [1.29, 1.82) is 0 Å². The minimum atomic E-state index is -0.443. The lowest BCUT2D eigenvalue weighted by atomic mass is 10.1. The molecular formula is C13H12FN3O. The molecule has 0 saturated carbocycles. The molecule has 1 aromatic carbocycles. The fraction of sp³-hybridized carbons (Fsp3) is 0.154. The smallest absolute Gasteiger partial charge is 0.134 e. The van der Waals surface area contributed by atoms with E-state index in [0.29, 0.717) is 16.7 Å². The molecule has 18 heavy (non-hydrogen) atoms. The highest BCUT2D eigenvalue weighted by Gasteiger charge is 2.16. The van der Waals surface area contributed by atoms with Gasteiger partial charge in [0.1, 0.15) is 23.2 Å². The molecule has 0 aliphatic heterocycles. The lowest BCUT2D eigenvalue weighted by Gasteiger charge is -2.03. The monoisotopic (exact) mass is 245 g/mol. The van der Waals surface area contributed by atoms with Crippen LogP contribution in [0.1, 0.15) is 17.5 Å². The van der Waals surface area contributed by atoms with E-state index in [-0.39, 0.29) is 5.82 Å². The van der Waals surface area contributed by atoms with E-state index >= 15 is 0 Å². The van der Waals surface area contributed by atoms with E-state index in [4.69, 9.17) is 10.2 Å². The fourth-order valence-corrected chi connectivity index (χ4v) is 1.93. The van der Waals surface area contributed by atoms with Gasteiger partial charge in [-0.05, 0) is 30.3 Å². The van der Waals surface area contributed by atoms with Crippen LogP contribution in [0.4, 0.5) is 4.39 Å². The van der Waals surface area contributed by atoms with Gasteiger partial charge in [-0.1, -0.05) is 0 Å². The van der Waals surface area contributed by atoms with Crippen molar-refractivity contribution in [3.63, 3.8) is 0 Å². The van der Waals surface area contributed by atoms with Gasteiger partial charge in [0.05, 0.1) is 5.69 Å². The second kappa shape index (κ2) is 3.96. The zero-order valence-corrected chi connectivity index (χ0v) is 9.80. The minimum Gasteiger partial charge on any atom is -0.459 e. The number of rotatable bonds is 2. The van der Waals surface area contributed by atoms with Gasteiger partial charge < -0.3 is 10.2 Å². The third-order valence-corrected chi connectivity index (χ3v) is 2.86. The number of benzene rings is 1. The maximum atomic E-state index is 13.1. The van der Waals surface area contributed by atoms with Crippen molar-refractivity contribution < 1.29 is 8.81 Å². The van der Waals surface area contributed by atoms with Gasteiger partial charge in [0.25, 0.3) is 0 Å². The van der Waals surface area contributed by atoms with E-state index in [1.165, 1.54) is 12.1 Å². The number of hydrogen-bond acceptors (Lipinski definition) is 3. The van der Waals surface area contributed by atoms with Crippen LogP contribution in [0.25, 0.3) is 11.0 Å². The Morgan fingerprint density at radius 3 is 2.89 bits per heavy atom. The van der Waals surface area contributed by atoms with Crippen molar-refractivity contribution in [2.45, 2.75) is 6.04 Å². The standard InChI is InChI=1S/C13H12FN3O/c1-17-5-4-10(16-17)13(15)12-7-8-6-9(14)2-3-11(8)18-12/h2-7,13H,15H2,1H3. The number of fused-ring (bicyclic) bond motifs is 1. The van der Waals surface area contributed by atoms with Crippen LogP contribution in [-0.2, 0) is 7.05 Å². The first-order valence-electron chi connectivity index (χ1n) is 5.57. The molecule has 0 aliphatic carbocycles. The Labute approximate surface area is 103 Å². The number of hydrogen-bond donors (Lipinski definition) is 1. The molecule has 0 spiro atoms. The highest BCUT2D eigenvalue weighted by atomic mass is 19.1. The number of halogens is 1. The van der Waals surface area contributed by atoms with Crippen molar-refractivity contribution in [2.75, 3.05) is 0 Å². The first-order valence-corrected chi connectivity index (χ1v) is 5.57. The van der Waals surface area contributed by atoms with Crippen LogP contribution >= 0.6 is 0 Å². The molecule has 1 unspecified atom stereocenters. The van der Waals surface area contributed by atoms with Crippen LogP contribution < -0.4 is 5.73 Å². The second-order valence-electron chi connectivity index (χ2n) is 4.22. The molecule has 0 amide bonds. The minimum absolute atomic E-state index is 0.291. The summed E-state index contributed by atoms with van der Waals surface area (Å²) in [6.45, 7) is 0. The number of aryl methyl sites for hydroxylation is 1. The van der Waals surface area contributed by atoms with E-state index in [0.717, 1.165) is 5.69 Å². The summed E-state index contributed by atoms with van der Waals surface area (Å²) >= 11 is 0. The lowest BCUT2D eigenvalue weighted by Crippen LogP contribution is -2.11. The van der Waals surface area contributed by atoms with Crippen LogP contribution in [-0.4, -0.2) is 9.78 Å². The number of nitrogens with zero attached hydrogens (tertiary/aromatic N) is 2. The number of aromatic nitrogens is 2. The molecule has 3 aromatic rings. The normalized spacial score (nSPS) is 13.1. The molecule has 0 radical (unpaired) electrons. The average Bonchev–Trinajstić information content (AvgIpc) is 2.93. The molecule has 0 bridgehead atoms. The van der Waals surface area contributed by atoms with Crippen LogP contribution in [0.5, 0.6) is 0 Å². The molecular weight excluding hydrogens is 233 g/mol. The van der Waals surface area contributed by atoms with E-state index in [2.05, 4.69) is 5.10 Å². The largest absolute Gasteiger partial charge is 0.459 e. The zero-order valence-electron chi connectivity index (χ0n) is 9.80. The highest BCUT2D eigenvalue weighted by Crippen LogP contribution is 2.26. The van der Waals surface area contributed by atoms with Gasteiger partial charge in [0, 0.05) is 18.6 Å². The van der Waals surface area contributed by atoms with Gasteiger partial charge in [-0.2, -0.15) is 5.10 Å². The Morgan fingerprint density at radius 1 is 1.33 bits per heavy atom. The fourth-order valence-electron chi connectivity index (χ4n) is 1.93. The summed E-state index contributed by atoms with van der Waals surface area (Å²) in [4.78, 5) is 0. The molecule has 2 heterocycles. The molecule has 2 N–H and O–H groups in total. The van der Waals surface area contributed by atoms with Gasteiger partial charge in [-0.3, -0.25) is 4.68 Å². The van der Waals surface area contributed by atoms with Crippen molar-refractivity contribution in [2.24, 2.45) is 12.8 Å². The van der Waals surface area contributed by atoms with Crippen molar-refractivity contribution in [3.8, 4) is 0 Å². The lowest BCUT2D eigenvalue weighted by molar-refractivity contribution is 0.517. The molecule has 4 nitrogen and oxygen atoms in total. The Hall–Kier alpha value is -2.14. The Balaban J connectivity index is 2.03. The Kier molecular flexibility index (Phi) is 2.41. The first-order chi connectivity index (χ1) is 8.63. The summed E-state index contributed by atoms with van der Waals surface area (Å²) in [7, 11) is 1.82. The van der Waals surface area contributed by atoms with Crippen LogP contribution in [0.2, 0.25) is 0 Å². The quantitative estimate of drug-likeness (QED) is 0.754. The first kappa shape index (κ1) is 11.0. The van der Waals surface area contributed by atoms with Crippen LogP contribution in [0.15, 0.2) is 40.9 Å². The van der Waals surface area contributed by atoms with Crippen molar-refractivity contribution >= 4 is 11.0 Å². The SMILES string of the molecule is Cn1ccc(C(N)c2cc3cc(F)ccc3o2)n1. The van der Waals surface area contributed by atoms with Crippen LogP contribution in [0, 0.1) is 5.82 Å². The van der Waals surface area contributed by atoms with Gasteiger partial charge in [-0.15, -0.1) is 0 Å². The number of nitrogens with two attached hydrogens (primary N) is 1. The summed E-state index contributed by atoms with van der Waals surface area (Å²) in [6.07, 6.45) is 1.82. The molecule has 2 aromatic heterocycles. The maximum absolute atomic E-state index is 13.1. The van der Waals surface area contributed by atoms with Gasteiger partial charge >= 0.3 is 0 Å². The van der Waals surface area contributed by atoms with Gasteiger partial charge in [0.15, 0.2) is 0 Å². The second-order valence-corrected chi connectivity index (χ2v) is 4.22. The molecule has 0 fully saturated rings. The average molecular weight is 245 g/mol. The Bertz CT molecular complexity index is 701. The molecule has 0 saturated heterocycles. The van der Waals surface area contributed by atoms with Gasteiger partial charge in [0.2, 0.25) is 0 Å². The van der Waals surface area contributed by atoms with E-state index in [1.54, 1.807) is 16.8 Å². The number of furan rings is 1. The van der Waals surface area contributed by atoms with E-state index in [1.807, 2.05) is 19.3 Å². The third-order valence-electron chi connectivity index (χ3n) is 2.86. The zero-order chi connectivity index (χ0) is 12.7. The summed E-state index contributed by atoms with van der Waals surface area (Å²) in [5.41, 5.74) is 7.41. The van der Waals surface area contributed by atoms with E-state index in [9.17, 15) is 4.39 Å². The maximum Gasteiger partial charge on any atom is 0.134 e. The molecule has 5 heteroatoms. The van der Waals surface area contributed by atoms with Crippen molar-refractivity contribution in [3.05, 3.63) is 53.8 Å². The topological polar surface area (TPSA) is 57.0 Å². The summed E-state index contributed by atoms with van der Waals surface area (Å²) in [6, 6.07) is 7.52. The summed E-state index contributed by atoms with van der Waals surface area (Å²) in [5.74, 6) is 0.288. The molecule has 3 rings (SSSR count). The molecule has 92 valence electrons. The Morgan fingerprint density at radius 2 is 2.17 bits per heavy atom. The summed E-state index contributed by atoms with van der Waals surface area (Å²) in [5, 5.41) is 4.94. The van der Waals surface area contributed by atoms with Crippen molar-refractivity contribution in [1.82, 2.24) is 9.78 Å². The highest BCUT2D eigenvalue weighted by molar-refractivity contribution is 5.78. The van der Waals surface area contributed by atoms with Gasteiger partial charge in [-0.25, -0.2) is 4.39 Å². The molecule has 1 atom stereocenters. The van der Waals surface area contributed by atoms with Crippen LogP contribution in [0.3, 0.4) is 0 Å². The summed E-state index contributed by atoms with van der Waals surface area (Å²) < 4.78 is 20.4. The predicted molar refractivity (Wildman–Crippen MR) is 65.4 cm³/mol. The molecule has 0 aliphatic rings. The third kappa shape index (κ3) is 1.78.